The van der Waals surface area contributed by atoms with Crippen LogP contribution in [0.25, 0.3) is 0 Å². The summed E-state index contributed by atoms with van der Waals surface area (Å²) >= 11 is 6.25. The van der Waals surface area contributed by atoms with Gasteiger partial charge in [0.15, 0.2) is 0 Å². The molecule has 4 heteroatoms. The second-order valence-corrected chi connectivity index (χ2v) is 5.04. The van der Waals surface area contributed by atoms with Crippen molar-refractivity contribution in [3.63, 3.8) is 0 Å². The Bertz CT molecular complexity index is 579. The zero-order chi connectivity index (χ0) is 16.5. The van der Waals surface area contributed by atoms with Crippen LogP contribution in [-0.4, -0.2) is 12.4 Å². The van der Waals surface area contributed by atoms with E-state index in [1.54, 1.807) is 12.4 Å². The molecule has 0 radical (unpaired) electrons. The molecule has 127 valence electrons. The Morgan fingerprint density at radius 1 is 0.696 bits per heavy atom. The number of aliphatic imine (C=N–C) groups is 2. The van der Waals surface area contributed by atoms with Gasteiger partial charge in [-0.15, -0.1) is 0 Å². The minimum absolute atomic E-state index is 0. The Morgan fingerprint density at radius 3 is 1.22 bits per heavy atom. The molecule has 23 heavy (non-hydrogen) atoms. The summed E-state index contributed by atoms with van der Waals surface area (Å²) in [4.78, 5) is 9.01. The second-order valence-electron chi connectivity index (χ2n) is 5.04. The predicted octanol–water partition coefficient (Wildman–Crippen LogP) is 6.32. The maximum absolute atomic E-state index is 4.51. The van der Waals surface area contributed by atoms with Crippen molar-refractivity contribution in [2.24, 2.45) is 9.98 Å². The van der Waals surface area contributed by atoms with Gasteiger partial charge in [-0.1, -0.05) is 36.4 Å². The van der Waals surface area contributed by atoms with Gasteiger partial charge in [0.2, 0.25) is 0 Å². The molecule has 0 fully saturated rings. The number of hydrogen-bond donors (Lipinski definition) is 0. The average Bonchev–Trinajstić information content (AvgIpc) is 2.50. The van der Waals surface area contributed by atoms with Crippen molar-refractivity contribution in [1.82, 2.24) is 0 Å². The number of halogens is 1. The molecule has 0 amide bonds. The molecule has 0 aliphatic rings. The van der Waals surface area contributed by atoms with Crippen LogP contribution < -0.4 is 0 Å². The second kappa shape index (κ2) is 11.3. The first-order valence-corrected chi connectivity index (χ1v) is 9.35. The molecule has 0 aliphatic heterocycles. The van der Waals surface area contributed by atoms with Gasteiger partial charge in [-0.2, -0.15) is 0 Å². The predicted molar refractivity (Wildman–Crippen MR) is 103 cm³/mol. The zero-order valence-electron chi connectivity index (χ0n) is 14.2. The molecule has 0 aromatic heterocycles. The molecular formula is C19H23BrN2Ni-. The number of benzene rings is 2. The minimum atomic E-state index is 0. The Labute approximate surface area is 155 Å². The molecular weight excluding hydrogens is 395 g/mol. The molecule has 0 bridgehead atoms. The summed E-state index contributed by atoms with van der Waals surface area (Å²) in [5, 5.41) is 0. The van der Waals surface area contributed by atoms with E-state index in [2.05, 4.69) is 102 Å². The Balaban J connectivity index is 0.00000155. The molecule has 0 spiro atoms. The number of aryl methyl sites for hydroxylation is 4. The van der Waals surface area contributed by atoms with Crippen molar-refractivity contribution in [3.05, 3.63) is 66.1 Å². The molecule has 0 saturated heterocycles. The van der Waals surface area contributed by atoms with E-state index < -0.39 is 0 Å². The first kappa shape index (κ1) is 21.8. The van der Waals surface area contributed by atoms with E-state index in [9.17, 15) is 0 Å². The van der Waals surface area contributed by atoms with Crippen molar-refractivity contribution >= 4 is 38.0 Å². The summed E-state index contributed by atoms with van der Waals surface area (Å²) in [5.74, 6) is 0. The summed E-state index contributed by atoms with van der Waals surface area (Å²) < 4.78 is 0. The molecule has 0 N–H and O–H groups in total. The van der Waals surface area contributed by atoms with E-state index >= 15 is 0 Å². The van der Waals surface area contributed by atoms with Crippen LogP contribution in [0.1, 0.15) is 22.3 Å². The third-order valence-electron chi connectivity index (χ3n) is 3.35. The van der Waals surface area contributed by atoms with Crippen LogP contribution >= 0.6 is 14.2 Å². The van der Waals surface area contributed by atoms with Crippen LogP contribution in [0.15, 0.2) is 46.4 Å². The Hall–Kier alpha value is -1.25. The molecule has 0 unspecified atom stereocenters. The summed E-state index contributed by atoms with van der Waals surface area (Å²) in [7, 11) is 0. The van der Waals surface area contributed by atoms with E-state index in [4.69, 9.17) is 0 Å². The maximum atomic E-state index is 4.51. The summed E-state index contributed by atoms with van der Waals surface area (Å²) in [6.45, 7) is 8.29. The number of para-hydroxylation sites is 2. The third-order valence-corrected chi connectivity index (χ3v) is 3.35. The molecule has 0 atom stereocenters. The van der Waals surface area contributed by atoms with Gasteiger partial charge in [0.1, 0.15) is 0 Å². The van der Waals surface area contributed by atoms with E-state index in [1.807, 2.05) is 0 Å². The van der Waals surface area contributed by atoms with Crippen LogP contribution in [0.5, 0.6) is 0 Å². The van der Waals surface area contributed by atoms with Gasteiger partial charge in [0.25, 0.3) is 0 Å². The van der Waals surface area contributed by atoms with Crippen molar-refractivity contribution in [2.75, 3.05) is 0 Å². The van der Waals surface area contributed by atoms with Crippen molar-refractivity contribution in [2.45, 2.75) is 27.7 Å². The van der Waals surface area contributed by atoms with Crippen LogP contribution in [0.2, 0.25) is 0 Å². The first-order valence-electron chi connectivity index (χ1n) is 6.90. The summed E-state index contributed by atoms with van der Waals surface area (Å²) in [5.41, 5.74) is 6.79. The van der Waals surface area contributed by atoms with Crippen molar-refractivity contribution < 1.29 is 13.7 Å². The van der Waals surface area contributed by atoms with Gasteiger partial charge >= 0.3 is 27.9 Å². The van der Waals surface area contributed by atoms with E-state index in [0.29, 0.717) is 0 Å². The summed E-state index contributed by atoms with van der Waals surface area (Å²) in [6.07, 6.45) is 3.53. The molecule has 2 rings (SSSR count). The molecule has 2 aromatic rings. The van der Waals surface area contributed by atoms with Gasteiger partial charge in [-0.25, -0.2) is 0 Å². The van der Waals surface area contributed by atoms with Crippen LogP contribution in [0, 0.1) is 35.1 Å². The normalized spacial score (nSPS) is 10.4. The number of hydrogen-bond acceptors (Lipinski definition) is 2. The molecule has 0 heterocycles. The van der Waals surface area contributed by atoms with Gasteiger partial charge in [0.05, 0.1) is 11.4 Å². The number of rotatable bonds is 3. The van der Waals surface area contributed by atoms with Crippen molar-refractivity contribution in [3.8, 4) is 0 Å². The van der Waals surface area contributed by atoms with Gasteiger partial charge < -0.3 is 7.43 Å². The van der Waals surface area contributed by atoms with E-state index in [-0.39, 0.29) is 7.43 Å². The SMILES string of the molecule is Cc1cccc(C)c1N=CC=Nc1c(C)cccc1C.[CH3-].[Ni][Br]. The molecule has 2 nitrogen and oxygen atoms in total. The molecule has 0 aliphatic carbocycles. The zero-order valence-corrected chi connectivity index (χ0v) is 16.8. The van der Waals surface area contributed by atoms with Gasteiger partial charge in [0, 0.05) is 12.4 Å². The Morgan fingerprint density at radius 2 is 0.957 bits per heavy atom. The fraction of sp³-hybridized carbons (Fsp3) is 0.211. The Kier molecular flexibility index (Phi) is 10.7. The molecule has 2 aromatic carbocycles. The van der Waals surface area contributed by atoms with Gasteiger partial charge in [-0.05, 0) is 49.9 Å². The molecule has 0 saturated carbocycles. The first-order chi connectivity index (χ1) is 10.6. The fourth-order valence-electron chi connectivity index (χ4n) is 2.23. The quantitative estimate of drug-likeness (QED) is 0.317. The van der Waals surface area contributed by atoms with Crippen LogP contribution in [-0.2, 0) is 13.7 Å². The third kappa shape index (κ3) is 6.41. The fourth-order valence-corrected chi connectivity index (χ4v) is 2.23. The van der Waals surface area contributed by atoms with Crippen LogP contribution in [0.3, 0.4) is 0 Å². The van der Waals surface area contributed by atoms with Crippen LogP contribution in [0.4, 0.5) is 11.4 Å². The van der Waals surface area contributed by atoms with Crippen molar-refractivity contribution in [1.29, 1.82) is 0 Å². The topological polar surface area (TPSA) is 24.7 Å². The monoisotopic (exact) mass is 416 g/mol. The standard InChI is InChI=1S/C18H20N2.CH3.BrH.Ni/c1-13-7-5-8-14(2)17(13)19-11-12-20-18-15(3)9-6-10-16(18)4;;;/h5-12H,1-4H3;1H3;1H;/q;-1;;+1/p-1. The number of nitrogens with zero attached hydrogens (tertiary/aromatic N) is 2. The van der Waals surface area contributed by atoms with E-state index in [1.165, 1.54) is 22.3 Å². The van der Waals surface area contributed by atoms with Gasteiger partial charge in [-0.3, -0.25) is 9.98 Å². The average molecular weight is 418 g/mol. The summed E-state index contributed by atoms with van der Waals surface area (Å²) in [6, 6.07) is 12.4. The van der Waals surface area contributed by atoms with E-state index in [0.717, 1.165) is 11.4 Å².